The lowest BCUT2D eigenvalue weighted by Gasteiger charge is -2.36. The molecule has 0 aliphatic carbocycles. The van der Waals surface area contributed by atoms with E-state index in [1.807, 2.05) is 53.9 Å². The first-order valence-electron chi connectivity index (χ1n) is 17.3. The van der Waals surface area contributed by atoms with Crippen LogP contribution in [0.3, 0.4) is 0 Å². The Morgan fingerprint density at radius 2 is 1.73 bits per heavy atom. The Kier molecular flexibility index (Phi) is 8.83. The maximum atomic E-state index is 15.8. The SMILES string of the molecule is Cc1nc2c(cc(-c3ccnc(N4CCN(c5ccccc5)CC4)c3)n2C)c(-c2cc(F)c3c(c2C)CCCO3)c1C(CO)OC(C)(C)C. The maximum Gasteiger partial charge on any atom is 0.165 e. The molecule has 2 aromatic carbocycles. The number of para-hydroxylation sites is 1. The monoisotopic (exact) mass is 663 g/mol. The fourth-order valence-corrected chi connectivity index (χ4v) is 7.53. The van der Waals surface area contributed by atoms with Crippen molar-refractivity contribution in [1.29, 1.82) is 0 Å². The summed E-state index contributed by atoms with van der Waals surface area (Å²) in [6.07, 6.45) is 2.80. The fourth-order valence-electron chi connectivity index (χ4n) is 7.53. The van der Waals surface area contributed by atoms with Gasteiger partial charge in [0.15, 0.2) is 11.6 Å². The molecule has 0 saturated carbocycles. The first-order valence-corrected chi connectivity index (χ1v) is 17.3. The van der Waals surface area contributed by atoms with Crippen molar-refractivity contribution in [3.05, 3.63) is 89.0 Å². The van der Waals surface area contributed by atoms with E-state index in [2.05, 4.69) is 56.8 Å². The summed E-state index contributed by atoms with van der Waals surface area (Å²) in [5.74, 6) is 0.916. The smallest absolute Gasteiger partial charge is 0.165 e. The molecule has 7 rings (SSSR count). The number of aliphatic hydroxyl groups is 1. The second-order valence-corrected chi connectivity index (χ2v) is 14.2. The van der Waals surface area contributed by atoms with Gasteiger partial charge >= 0.3 is 0 Å². The number of hydrogen-bond donors (Lipinski definition) is 1. The van der Waals surface area contributed by atoms with E-state index in [4.69, 9.17) is 19.4 Å². The number of benzene rings is 2. The topological polar surface area (TPSA) is 75.9 Å². The van der Waals surface area contributed by atoms with Crippen molar-refractivity contribution >= 4 is 22.5 Å². The zero-order chi connectivity index (χ0) is 34.4. The average Bonchev–Trinajstić information content (AvgIpc) is 3.43. The average molecular weight is 664 g/mol. The van der Waals surface area contributed by atoms with Crippen LogP contribution in [0.25, 0.3) is 33.4 Å². The molecule has 3 aromatic heterocycles. The number of aliphatic hydroxyl groups excluding tert-OH is 1. The van der Waals surface area contributed by atoms with Crippen molar-refractivity contribution in [2.75, 3.05) is 49.2 Å². The van der Waals surface area contributed by atoms with Gasteiger partial charge in [0.25, 0.3) is 0 Å². The number of pyridine rings is 2. The van der Waals surface area contributed by atoms with Gasteiger partial charge in [-0.15, -0.1) is 0 Å². The van der Waals surface area contributed by atoms with Crippen molar-refractivity contribution in [3.8, 4) is 28.1 Å². The molecule has 0 spiro atoms. The summed E-state index contributed by atoms with van der Waals surface area (Å²) in [6.45, 7) is 13.8. The summed E-state index contributed by atoms with van der Waals surface area (Å²) in [5.41, 5.74) is 8.48. The third kappa shape index (κ3) is 6.26. The normalized spacial score (nSPS) is 15.8. The van der Waals surface area contributed by atoms with Gasteiger partial charge in [-0.3, -0.25) is 0 Å². The molecule has 5 aromatic rings. The summed E-state index contributed by atoms with van der Waals surface area (Å²) in [5, 5.41) is 11.6. The Morgan fingerprint density at radius 1 is 1.00 bits per heavy atom. The number of nitrogens with zero attached hydrogens (tertiary/aromatic N) is 5. The molecule has 0 amide bonds. The summed E-state index contributed by atoms with van der Waals surface area (Å²) < 4.78 is 30.2. The lowest BCUT2D eigenvalue weighted by molar-refractivity contribution is -0.0823. The quantitative estimate of drug-likeness (QED) is 0.193. The Balaban J connectivity index is 1.35. The third-order valence-corrected chi connectivity index (χ3v) is 9.86. The molecule has 1 atom stereocenters. The highest BCUT2D eigenvalue weighted by molar-refractivity contribution is 6.00. The Labute approximate surface area is 288 Å². The second-order valence-electron chi connectivity index (χ2n) is 14.2. The van der Waals surface area contributed by atoms with Gasteiger partial charge in [-0.2, -0.15) is 0 Å². The molecule has 5 heterocycles. The van der Waals surface area contributed by atoms with Crippen LogP contribution in [0.5, 0.6) is 5.75 Å². The van der Waals surface area contributed by atoms with Crippen LogP contribution in [0.1, 0.15) is 55.7 Å². The highest BCUT2D eigenvalue weighted by Gasteiger charge is 2.31. The summed E-state index contributed by atoms with van der Waals surface area (Å²) in [6, 6.07) is 18.5. The predicted octanol–water partition coefficient (Wildman–Crippen LogP) is 7.56. The molecule has 1 unspecified atom stereocenters. The molecule has 49 heavy (non-hydrogen) atoms. The van der Waals surface area contributed by atoms with Gasteiger partial charge in [-0.05, 0) is 95.0 Å². The molecule has 256 valence electrons. The molecule has 2 aliphatic heterocycles. The number of anilines is 2. The minimum atomic E-state index is -0.660. The molecular weight excluding hydrogens is 617 g/mol. The van der Waals surface area contributed by atoms with Crippen molar-refractivity contribution in [2.45, 2.75) is 59.2 Å². The van der Waals surface area contributed by atoms with E-state index in [1.165, 1.54) is 5.69 Å². The minimum absolute atomic E-state index is 0.237. The summed E-state index contributed by atoms with van der Waals surface area (Å²) >= 11 is 0. The van der Waals surface area contributed by atoms with Crippen LogP contribution < -0.4 is 14.5 Å². The molecular formula is C40H46FN5O3. The van der Waals surface area contributed by atoms with Crippen molar-refractivity contribution in [3.63, 3.8) is 0 Å². The number of aromatic nitrogens is 3. The van der Waals surface area contributed by atoms with Crippen molar-refractivity contribution in [2.24, 2.45) is 7.05 Å². The van der Waals surface area contributed by atoms with Crippen molar-refractivity contribution in [1.82, 2.24) is 14.5 Å². The molecule has 1 N–H and O–H groups in total. The minimum Gasteiger partial charge on any atom is -0.490 e. The van der Waals surface area contributed by atoms with Crippen LogP contribution >= 0.6 is 0 Å². The highest BCUT2D eigenvalue weighted by atomic mass is 19.1. The molecule has 8 nitrogen and oxygen atoms in total. The number of halogens is 1. The number of ether oxygens (including phenoxy) is 2. The largest absolute Gasteiger partial charge is 0.490 e. The number of piperazine rings is 1. The molecule has 0 radical (unpaired) electrons. The van der Waals surface area contributed by atoms with Gasteiger partial charge in [0, 0.05) is 78.4 Å². The van der Waals surface area contributed by atoms with E-state index in [9.17, 15) is 5.11 Å². The lowest BCUT2D eigenvalue weighted by atomic mass is 9.86. The van der Waals surface area contributed by atoms with Gasteiger partial charge in [0.05, 0.1) is 24.5 Å². The van der Waals surface area contributed by atoms with Gasteiger partial charge < -0.3 is 28.9 Å². The summed E-state index contributed by atoms with van der Waals surface area (Å²) in [4.78, 5) is 14.7. The van der Waals surface area contributed by atoms with Gasteiger partial charge in [-0.1, -0.05) is 18.2 Å². The molecule has 2 aliphatic rings. The predicted molar refractivity (Wildman–Crippen MR) is 194 cm³/mol. The Bertz CT molecular complexity index is 1990. The van der Waals surface area contributed by atoms with Crippen LogP contribution in [0, 0.1) is 19.7 Å². The Morgan fingerprint density at radius 3 is 2.45 bits per heavy atom. The van der Waals surface area contributed by atoms with Crippen LogP contribution in [0.4, 0.5) is 15.9 Å². The second kappa shape index (κ2) is 13.1. The van der Waals surface area contributed by atoms with Gasteiger partial charge in [0.2, 0.25) is 0 Å². The molecule has 0 bridgehead atoms. The van der Waals surface area contributed by atoms with E-state index in [0.717, 1.165) is 101 Å². The lowest BCUT2D eigenvalue weighted by Crippen LogP contribution is -2.46. The molecule has 1 fully saturated rings. The first-order chi connectivity index (χ1) is 23.5. The number of aryl methyl sites for hydroxylation is 2. The van der Waals surface area contributed by atoms with E-state index in [0.29, 0.717) is 12.4 Å². The van der Waals surface area contributed by atoms with E-state index in [1.54, 1.807) is 6.07 Å². The fraction of sp³-hybridized carbons (Fsp3) is 0.400. The van der Waals surface area contributed by atoms with Crippen molar-refractivity contribution < 1.29 is 19.0 Å². The summed E-state index contributed by atoms with van der Waals surface area (Å²) in [7, 11) is 2.02. The highest BCUT2D eigenvalue weighted by Crippen LogP contribution is 2.45. The molecule has 1 saturated heterocycles. The third-order valence-electron chi connectivity index (χ3n) is 9.86. The Hall–Kier alpha value is -4.47. The van der Waals surface area contributed by atoms with Gasteiger partial charge in [0.1, 0.15) is 17.6 Å². The maximum absolute atomic E-state index is 15.8. The van der Waals surface area contributed by atoms with Gasteiger partial charge in [-0.25, -0.2) is 14.4 Å². The van der Waals surface area contributed by atoms with E-state index >= 15 is 4.39 Å². The zero-order valence-electron chi connectivity index (χ0n) is 29.4. The standard InChI is InChI=1S/C40H46FN5O3/c1-25-29-13-10-20-48-38(29)32(41)22-30(25)37-31-23-33(44(6)39(31)43-26(2)36(37)34(24-47)49-40(3,4)5)27-14-15-42-35(21-27)46-18-16-45(17-19-46)28-11-8-7-9-12-28/h7-9,11-12,14-15,21-23,34,47H,10,13,16-20,24H2,1-6H3. The van der Waals surface area contributed by atoms with Crippen LogP contribution in [-0.2, 0) is 18.2 Å². The van der Waals surface area contributed by atoms with E-state index in [-0.39, 0.29) is 12.4 Å². The van der Waals surface area contributed by atoms with Crippen LogP contribution in [0.2, 0.25) is 0 Å². The number of rotatable bonds is 7. The molecule has 9 heteroatoms. The van der Waals surface area contributed by atoms with Crippen LogP contribution in [0.15, 0.2) is 60.8 Å². The van der Waals surface area contributed by atoms with Crippen LogP contribution in [-0.4, -0.2) is 64.6 Å². The zero-order valence-corrected chi connectivity index (χ0v) is 29.4. The number of fused-ring (bicyclic) bond motifs is 2. The van der Waals surface area contributed by atoms with E-state index < -0.39 is 11.7 Å². The first kappa shape index (κ1) is 33.0. The number of hydrogen-bond acceptors (Lipinski definition) is 7.